The summed E-state index contributed by atoms with van der Waals surface area (Å²) in [5.74, 6) is -1.12. The molecule has 0 aliphatic carbocycles. The molecule has 0 aliphatic rings. The lowest BCUT2D eigenvalue weighted by Gasteiger charge is -2.10. The van der Waals surface area contributed by atoms with Gasteiger partial charge in [0.05, 0.1) is 0 Å². The minimum absolute atomic E-state index is 0.215. The molecule has 1 nitrogen and oxygen atoms in total. The van der Waals surface area contributed by atoms with E-state index in [1.165, 1.54) is 12.1 Å². The highest BCUT2D eigenvalue weighted by Crippen LogP contribution is 2.19. The van der Waals surface area contributed by atoms with Crippen molar-refractivity contribution < 1.29 is 8.78 Å². The van der Waals surface area contributed by atoms with Gasteiger partial charge in [-0.05, 0) is 46.5 Å². The minimum atomic E-state index is -0.562. The first-order chi connectivity index (χ1) is 7.65. The molecule has 0 aliphatic heterocycles. The molecule has 1 atom stereocenters. The van der Waals surface area contributed by atoms with Gasteiger partial charge in [0, 0.05) is 12.1 Å². The maximum atomic E-state index is 12.9. The van der Waals surface area contributed by atoms with E-state index < -0.39 is 11.6 Å². The van der Waals surface area contributed by atoms with E-state index in [-0.39, 0.29) is 6.04 Å². The van der Waals surface area contributed by atoms with Crippen LogP contribution in [0.3, 0.4) is 0 Å². The first-order valence-electron chi connectivity index (χ1n) is 4.88. The Kier molecular flexibility index (Phi) is 3.31. The molecule has 0 radical (unpaired) electrons. The lowest BCUT2D eigenvalue weighted by atomic mass is 10.0. The number of thiophene rings is 1. The van der Waals surface area contributed by atoms with Crippen LogP contribution in [-0.2, 0) is 6.42 Å². The van der Waals surface area contributed by atoms with Gasteiger partial charge in [-0.2, -0.15) is 11.3 Å². The molecule has 1 aromatic carbocycles. The second-order valence-electron chi connectivity index (χ2n) is 3.64. The third-order valence-electron chi connectivity index (χ3n) is 2.35. The summed E-state index contributed by atoms with van der Waals surface area (Å²) in [5, 5.41) is 3.88. The summed E-state index contributed by atoms with van der Waals surface area (Å²) in [5.41, 5.74) is 7.51. The molecule has 2 N–H and O–H groups in total. The molecule has 4 heteroatoms. The van der Waals surface area contributed by atoms with Crippen molar-refractivity contribution in [3.8, 4) is 0 Å². The SMILES string of the molecule is NC(Cc1cc(F)cc(F)c1)c1ccsc1. The van der Waals surface area contributed by atoms with Gasteiger partial charge in [-0.1, -0.05) is 0 Å². The summed E-state index contributed by atoms with van der Waals surface area (Å²) < 4.78 is 25.9. The molecule has 0 bridgehead atoms. The van der Waals surface area contributed by atoms with Crippen LogP contribution in [0.25, 0.3) is 0 Å². The van der Waals surface area contributed by atoms with E-state index in [0.29, 0.717) is 12.0 Å². The van der Waals surface area contributed by atoms with Gasteiger partial charge in [0.15, 0.2) is 0 Å². The molecule has 2 aromatic rings. The number of halogens is 2. The van der Waals surface area contributed by atoms with E-state index in [9.17, 15) is 8.78 Å². The third-order valence-corrected chi connectivity index (χ3v) is 3.05. The number of hydrogen-bond donors (Lipinski definition) is 1. The quantitative estimate of drug-likeness (QED) is 0.874. The summed E-state index contributed by atoms with van der Waals surface area (Å²) in [6.07, 6.45) is 0.436. The molecule has 1 aromatic heterocycles. The minimum Gasteiger partial charge on any atom is -0.324 e. The van der Waals surface area contributed by atoms with E-state index in [1.807, 2.05) is 16.8 Å². The van der Waals surface area contributed by atoms with Crippen molar-refractivity contribution in [2.75, 3.05) is 0 Å². The topological polar surface area (TPSA) is 26.0 Å². The van der Waals surface area contributed by atoms with Gasteiger partial charge in [-0.15, -0.1) is 0 Å². The van der Waals surface area contributed by atoms with E-state index in [2.05, 4.69) is 0 Å². The fourth-order valence-corrected chi connectivity index (χ4v) is 2.31. The fraction of sp³-hybridized carbons (Fsp3) is 0.167. The largest absolute Gasteiger partial charge is 0.324 e. The van der Waals surface area contributed by atoms with Gasteiger partial charge in [0.2, 0.25) is 0 Å². The highest BCUT2D eigenvalue weighted by atomic mass is 32.1. The van der Waals surface area contributed by atoms with Crippen molar-refractivity contribution in [2.45, 2.75) is 12.5 Å². The predicted octanol–water partition coefficient (Wildman–Crippen LogP) is 3.27. The van der Waals surface area contributed by atoms with Gasteiger partial charge in [0.25, 0.3) is 0 Å². The van der Waals surface area contributed by atoms with Gasteiger partial charge < -0.3 is 5.73 Å². The zero-order chi connectivity index (χ0) is 11.5. The van der Waals surface area contributed by atoms with Crippen LogP contribution >= 0.6 is 11.3 Å². The van der Waals surface area contributed by atoms with Gasteiger partial charge in [-0.3, -0.25) is 0 Å². The van der Waals surface area contributed by atoms with Crippen molar-refractivity contribution in [3.63, 3.8) is 0 Å². The van der Waals surface area contributed by atoms with Crippen LogP contribution in [0.5, 0.6) is 0 Å². The summed E-state index contributed by atoms with van der Waals surface area (Å²) >= 11 is 1.56. The monoisotopic (exact) mass is 239 g/mol. The zero-order valence-corrected chi connectivity index (χ0v) is 9.31. The predicted molar refractivity (Wildman–Crippen MR) is 61.3 cm³/mol. The Bertz CT molecular complexity index is 448. The second kappa shape index (κ2) is 4.72. The maximum absolute atomic E-state index is 12.9. The van der Waals surface area contributed by atoms with Crippen molar-refractivity contribution in [1.29, 1.82) is 0 Å². The first kappa shape index (κ1) is 11.2. The van der Waals surface area contributed by atoms with Gasteiger partial charge >= 0.3 is 0 Å². The van der Waals surface area contributed by atoms with Gasteiger partial charge in [-0.25, -0.2) is 8.78 Å². The zero-order valence-electron chi connectivity index (χ0n) is 8.49. The van der Waals surface area contributed by atoms with Crippen LogP contribution in [0.2, 0.25) is 0 Å². The Morgan fingerprint density at radius 2 is 1.88 bits per heavy atom. The number of hydrogen-bond acceptors (Lipinski definition) is 2. The van der Waals surface area contributed by atoms with E-state index in [4.69, 9.17) is 5.73 Å². The number of rotatable bonds is 3. The molecule has 0 saturated heterocycles. The van der Waals surface area contributed by atoms with Crippen LogP contribution in [0.15, 0.2) is 35.0 Å². The third kappa shape index (κ3) is 2.65. The van der Waals surface area contributed by atoms with Crippen molar-refractivity contribution >= 4 is 11.3 Å². The second-order valence-corrected chi connectivity index (χ2v) is 4.43. The molecule has 0 fully saturated rings. The highest BCUT2D eigenvalue weighted by Gasteiger charge is 2.09. The average molecular weight is 239 g/mol. The Balaban J connectivity index is 2.15. The van der Waals surface area contributed by atoms with Crippen molar-refractivity contribution in [2.24, 2.45) is 5.73 Å². The van der Waals surface area contributed by atoms with Crippen LogP contribution in [0, 0.1) is 11.6 Å². The molecule has 0 amide bonds. The molecule has 84 valence electrons. The maximum Gasteiger partial charge on any atom is 0.126 e. The van der Waals surface area contributed by atoms with Gasteiger partial charge in [0.1, 0.15) is 11.6 Å². The molecule has 16 heavy (non-hydrogen) atoms. The summed E-state index contributed by atoms with van der Waals surface area (Å²) in [4.78, 5) is 0. The van der Waals surface area contributed by atoms with E-state index in [1.54, 1.807) is 11.3 Å². The summed E-state index contributed by atoms with van der Waals surface area (Å²) in [6.45, 7) is 0. The Morgan fingerprint density at radius 3 is 2.44 bits per heavy atom. The molecular formula is C12H11F2NS. The van der Waals surface area contributed by atoms with Crippen LogP contribution < -0.4 is 5.73 Å². The normalized spacial score (nSPS) is 12.7. The smallest absolute Gasteiger partial charge is 0.126 e. The summed E-state index contributed by atoms with van der Waals surface area (Å²) in [7, 11) is 0. The van der Waals surface area contributed by atoms with Crippen molar-refractivity contribution in [1.82, 2.24) is 0 Å². The Hall–Kier alpha value is -1.26. The van der Waals surface area contributed by atoms with E-state index in [0.717, 1.165) is 11.6 Å². The summed E-state index contributed by atoms with van der Waals surface area (Å²) in [6, 6.07) is 5.20. The molecule has 1 heterocycles. The number of benzene rings is 1. The average Bonchev–Trinajstić information content (AvgIpc) is 2.68. The van der Waals surface area contributed by atoms with E-state index >= 15 is 0 Å². The standard InChI is InChI=1S/C12H11F2NS/c13-10-3-8(4-11(14)6-10)5-12(15)9-1-2-16-7-9/h1-4,6-7,12H,5,15H2. The molecule has 2 rings (SSSR count). The molecular weight excluding hydrogens is 228 g/mol. The van der Waals surface area contributed by atoms with Crippen LogP contribution in [-0.4, -0.2) is 0 Å². The van der Waals surface area contributed by atoms with Crippen LogP contribution in [0.1, 0.15) is 17.2 Å². The lowest BCUT2D eigenvalue weighted by molar-refractivity contribution is 0.576. The lowest BCUT2D eigenvalue weighted by Crippen LogP contribution is -2.12. The Morgan fingerprint density at radius 1 is 1.19 bits per heavy atom. The fourth-order valence-electron chi connectivity index (χ4n) is 1.59. The van der Waals surface area contributed by atoms with Crippen LogP contribution in [0.4, 0.5) is 8.78 Å². The number of nitrogens with two attached hydrogens (primary N) is 1. The molecule has 0 spiro atoms. The molecule has 1 unspecified atom stereocenters. The highest BCUT2D eigenvalue weighted by molar-refractivity contribution is 7.07. The first-order valence-corrected chi connectivity index (χ1v) is 5.82. The van der Waals surface area contributed by atoms with Crippen molar-refractivity contribution in [3.05, 3.63) is 57.8 Å². The Labute approximate surface area is 96.5 Å². The molecule has 0 saturated carbocycles.